The first-order chi connectivity index (χ1) is 9.45. The van der Waals surface area contributed by atoms with E-state index < -0.39 is 5.97 Å². The van der Waals surface area contributed by atoms with Crippen LogP contribution in [-0.4, -0.2) is 47.5 Å². The summed E-state index contributed by atoms with van der Waals surface area (Å²) in [6, 6.07) is 8.20. The molecule has 0 saturated carbocycles. The van der Waals surface area contributed by atoms with Gasteiger partial charge in [0.1, 0.15) is 0 Å². The molecular formula is C14H17N3O3. The Bertz CT molecular complexity index is 519. The number of carbonyl (C=O) groups excluding carboxylic acids is 1. The van der Waals surface area contributed by atoms with Crippen LogP contribution in [0, 0.1) is 11.3 Å². The van der Waals surface area contributed by atoms with E-state index in [0.29, 0.717) is 19.5 Å². The minimum atomic E-state index is -0.975. The standard InChI is InChI=1S/C14H17N3O3/c1-16(9-3-8-15)14(20)17(2)10-11-4-6-12(7-5-11)13(18)19/h4-7H,3,9-10H2,1-2H3,(H,18,19). The van der Waals surface area contributed by atoms with Crippen molar-refractivity contribution in [3.8, 4) is 6.07 Å². The van der Waals surface area contributed by atoms with E-state index in [1.807, 2.05) is 6.07 Å². The van der Waals surface area contributed by atoms with E-state index in [0.717, 1.165) is 5.56 Å². The van der Waals surface area contributed by atoms with Crippen LogP contribution in [0.4, 0.5) is 4.79 Å². The molecule has 0 unspecified atom stereocenters. The second-order valence-electron chi connectivity index (χ2n) is 4.47. The molecule has 0 aromatic heterocycles. The first-order valence-corrected chi connectivity index (χ1v) is 6.11. The highest BCUT2D eigenvalue weighted by molar-refractivity contribution is 5.87. The van der Waals surface area contributed by atoms with Crippen LogP contribution in [0.5, 0.6) is 0 Å². The largest absolute Gasteiger partial charge is 0.478 e. The number of carboxylic acid groups (broad SMARTS) is 1. The van der Waals surface area contributed by atoms with Gasteiger partial charge in [-0.1, -0.05) is 12.1 Å². The molecule has 0 aliphatic rings. The van der Waals surface area contributed by atoms with E-state index in [1.54, 1.807) is 26.2 Å². The van der Waals surface area contributed by atoms with Crippen molar-refractivity contribution in [3.05, 3.63) is 35.4 Å². The summed E-state index contributed by atoms with van der Waals surface area (Å²) in [4.78, 5) is 25.7. The maximum atomic E-state index is 12.0. The molecule has 0 bridgehead atoms. The minimum absolute atomic E-state index is 0.178. The molecule has 1 aromatic rings. The summed E-state index contributed by atoms with van der Waals surface area (Å²) in [5.74, 6) is -0.975. The molecule has 0 heterocycles. The van der Waals surface area contributed by atoms with Crippen molar-refractivity contribution in [2.75, 3.05) is 20.6 Å². The normalized spacial score (nSPS) is 9.65. The van der Waals surface area contributed by atoms with Gasteiger partial charge in [0, 0.05) is 27.2 Å². The molecule has 0 aliphatic heterocycles. The number of nitriles is 1. The van der Waals surface area contributed by atoms with Gasteiger partial charge >= 0.3 is 12.0 Å². The topological polar surface area (TPSA) is 84.6 Å². The summed E-state index contributed by atoms with van der Waals surface area (Å²) in [5, 5.41) is 17.3. The second kappa shape index (κ2) is 7.14. The van der Waals surface area contributed by atoms with Crippen molar-refractivity contribution in [2.24, 2.45) is 0 Å². The van der Waals surface area contributed by atoms with Gasteiger partial charge in [0.25, 0.3) is 0 Å². The summed E-state index contributed by atoms with van der Waals surface area (Å²) >= 11 is 0. The highest BCUT2D eigenvalue weighted by Crippen LogP contribution is 2.08. The van der Waals surface area contributed by atoms with Crippen LogP contribution in [0.15, 0.2) is 24.3 Å². The molecule has 0 spiro atoms. The van der Waals surface area contributed by atoms with Gasteiger partial charge in [0.2, 0.25) is 0 Å². The van der Waals surface area contributed by atoms with Crippen molar-refractivity contribution in [3.63, 3.8) is 0 Å². The van der Waals surface area contributed by atoms with Crippen molar-refractivity contribution in [1.29, 1.82) is 5.26 Å². The maximum absolute atomic E-state index is 12.0. The van der Waals surface area contributed by atoms with E-state index in [2.05, 4.69) is 0 Å². The monoisotopic (exact) mass is 275 g/mol. The minimum Gasteiger partial charge on any atom is -0.478 e. The van der Waals surface area contributed by atoms with E-state index in [1.165, 1.54) is 21.9 Å². The molecular weight excluding hydrogens is 258 g/mol. The number of nitrogens with zero attached hydrogens (tertiary/aromatic N) is 3. The van der Waals surface area contributed by atoms with E-state index in [9.17, 15) is 9.59 Å². The van der Waals surface area contributed by atoms with Gasteiger partial charge in [-0.25, -0.2) is 9.59 Å². The summed E-state index contributed by atoms with van der Waals surface area (Å²) in [5.41, 5.74) is 1.06. The number of amides is 2. The average molecular weight is 275 g/mol. The number of benzene rings is 1. The zero-order valence-corrected chi connectivity index (χ0v) is 11.5. The third kappa shape index (κ3) is 4.28. The van der Waals surface area contributed by atoms with Crippen molar-refractivity contribution in [1.82, 2.24) is 9.80 Å². The van der Waals surface area contributed by atoms with Gasteiger partial charge in [-0.2, -0.15) is 5.26 Å². The lowest BCUT2D eigenvalue weighted by atomic mass is 10.1. The molecule has 6 heteroatoms. The summed E-state index contributed by atoms with van der Waals surface area (Å²) < 4.78 is 0. The molecule has 1 rings (SSSR count). The SMILES string of the molecule is CN(CCC#N)C(=O)N(C)Cc1ccc(C(=O)O)cc1. The van der Waals surface area contributed by atoms with Crippen molar-refractivity contribution >= 4 is 12.0 Å². The zero-order valence-electron chi connectivity index (χ0n) is 11.5. The van der Waals surface area contributed by atoms with Gasteiger partial charge < -0.3 is 14.9 Å². The Morgan fingerprint density at radius 1 is 1.20 bits per heavy atom. The van der Waals surface area contributed by atoms with Crippen LogP contribution in [0.1, 0.15) is 22.3 Å². The Hall–Kier alpha value is -2.55. The fraction of sp³-hybridized carbons (Fsp3) is 0.357. The molecule has 20 heavy (non-hydrogen) atoms. The molecule has 0 radical (unpaired) electrons. The molecule has 1 N–H and O–H groups in total. The lowest BCUT2D eigenvalue weighted by Gasteiger charge is -2.24. The average Bonchev–Trinajstić information content (AvgIpc) is 2.44. The van der Waals surface area contributed by atoms with Crippen LogP contribution in [0.25, 0.3) is 0 Å². The van der Waals surface area contributed by atoms with Crippen LogP contribution in [-0.2, 0) is 6.54 Å². The predicted octanol–water partition coefficient (Wildman–Crippen LogP) is 1.78. The molecule has 106 valence electrons. The predicted molar refractivity (Wildman–Crippen MR) is 73.1 cm³/mol. The van der Waals surface area contributed by atoms with Gasteiger partial charge in [-0.15, -0.1) is 0 Å². The second-order valence-corrected chi connectivity index (χ2v) is 4.47. The zero-order chi connectivity index (χ0) is 15.1. The molecule has 0 aliphatic carbocycles. The highest BCUT2D eigenvalue weighted by atomic mass is 16.4. The Morgan fingerprint density at radius 2 is 1.80 bits per heavy atom. The van der Waals surface area contributed by atoms with Crippen LogP contribution in [0.2, 0.25) is 0 Å². The molecule has 1 aromatic carbocycles. The summed E-state index contributed by atoms with van der Waals surface area (Å²) in [6.07, 6.45) is 0.295. The van der Waals surface area contributed by atoms with Crippen molar-refractivity contribution < 1.29 is 14.7 Å². The first-order valence-electron chi connectivity index (χ1n) is 6.11. The van der Waals surface area contributed by atoms with E-state index in [-0.39, 0.29) is 11.6 Å². The van der Waals surface area contributed by atoms with Crippen LogP contribution in [0.3, 0.4) is 0 Å². The first kappa shape index (κ1) is 15.5. The number of hydrogen-bond acceptors (Lipinski definition) is 3. The molecule has 2 amide bonds. The lowest BCUT2D eigenvalue weighted by molar-refractivity contribution is 0.0697. The van der Waals surface area contributed by atoms with E-state index in [4.69, 9.17) is 10.4 Å². The molecule has 0 saturated heterocycles. The van der Waals surface area contributed by atoms with Crippen LogP contribution >= 0.6 is 0 Å². The Labute approximate surface area is 117 Å². The molecule has 0 atom stereocenters. The number of carboxylic acids is 1. The highest BCUT2D eigenvalue weighted by Gasteiger charge is 2.14. The third-order valence-electron chi connectivity index (χ3n) is 2.83. The van der Waals surface area contributed by atoms with Gasteiger partial charge in [-0.3, -0.25) is 0 Å². The fourth-order valence-electron chi connectivity index (χ4n) is 1.70. The van der Waals surface area contributed by atoms with E-state index >= 15 is 0 Å². The number of hydrogen-bond donors (Lipinski definition) is 1. The number of carbonyl (C=O) groups is 2. The number of rotatable bonds is 5. The summed E-state index contributed by atoms with van der Waals surface area (Å²) in [6.45, 7) is 0.771. The van der Waals surface area contributed by atoms with Gasteiger partial charge in [-0.05, 0) is 17.7 Å². The summed E-state index contributed by atoms with van der Waals surface area (Å²) in [7, 11) is 3.31. The van der Waals surface area contributed by atoms with Gasteiger partial charge in [0.15, 0.2) is 0 Å². The van der Waals surface area contributed by atoms with Crippen LogP contribution < -0.4 is 0 Å². The quantitative estimate of drug-likeness (QED) is 0.887. The lowest BCUT2D eigenvalue weighted by Crippen LogP contribution is -2.38. The molecule has 6 nitrogen and oxygen atoms in total. The number of urea groups is 1. The Balaban J connectivity index is 2.61. The maximum Gasteiger partial charge on any atom is 0.335 e. The van der Waals surface area contributed by atoms with Crippen molar-refractivity contribution in [2.45, 2.75) is 13.0 Å². The molecule has 0 fully saturated rings. The smallest absolute Gasteiger partial charge is 0.335 e. The third-order valence-corrected chi connectivity index (χ3v) is 2.83. The fourth-order valence-corrected chi connectivity index (χ4v) is 1.70. The Kier molecular flexibility index (Phi) is 5.54. The van der Waals surface area contributed by atoms with Gasteiger partial charge in [0.05, 0.1) is 18.1 Å². The Morgan fingerprint density at radius 3 is 2.30 bits per heavy atom. The number of aromatic carboxylic acids is 1.